The van der Waals surface area contributed by atoms with Crippen molar-refractivity contribution in [2.45, 2.75) is 62.6 Å². The molecular weight excluding hydrogens is 302 g/mol. The van der Waals surface area contributed by atoms with Gasteiger partial charge in [0.05, 0.1) is 26.2 Å². The molecule has 1 aromatic rings. The van der Waals surface area contributed by atoms with Gasteiger partial charge in [0, 0.05) is 44.6 Å². The first-order chi connectivity index (χ1) is 11.5. The molecule has 2 saturated heterocycles. The smallest absolute Gasteiger partial charge is 0.306 e. The lowest BCUT2D eigenvalue weighted by Gasteiger charge is -2.43. The quantitative estimate of drug-likeness (QED) is 0.644. The number of piperidine rings is 1. The zero-order valence-electron chi connectivity index (χ0n) is 14.9. The summed E-state index contributed by atoms with van der Waals surface area (Å²) in [5.41, 5.74) is 1.09. The molecule has 4 nitrogen and oxygen atoms in total. The van der Waals surface area contributed by atoms with Crippen molar-refractivity contribution >= 4 is 5.97 Å². The molecule has 2 heterocycles. The van der Waals surface area contributed by atoms with Gasteiger partial charge in [-0.25, -0.2) is 0 Å². The lowest BCUT2D eigenvalue weighted by Crippen LogP contribution is -2.56. The molecular formula is C20H30NO3+. The van der Waals surface area contributed by atoms with Crippen LogP contribution in [0.25, 0.3) is 0 Å². The lowest BCUT2D eigenvalue weighted by molar-refractivity contribution is -0.931. The van der Waals surface area contributed by atoms with Gasteiger partial charge in [0.1, 0.15) is 6.10 Å². The molecule has 2 aliphatic heterocycles. The number of esters is 1. The van der Waals surface area contributed by atoms with Gasteiger partial charge in [-0.1, -0.05) is 30.3 Å². The zero-order valence-corrected chi connectivity index (χ0v) is 14.9. The second-order valence-electron chi connectivity index (χ2n) is 7.93. The summed E-state index contributed by atoms with van der Waals surface area (Å²) in [6, 6.07) is 11.2. The van der Waals surface area contributed by atoms with E-state index < -0.39 is 0 Å². The minimum atomic E-state index is -0.110. The average molecular weight is 332 g/mol. The van der Waals surface area contributed by atoms with E-state index in [0.717, 1.165) is 22.9 Å². The number of hydrogen-bond acceptors (Lipinski definition) is 3. The molecule has 3 rings (SSSR count). The molecule has 2 bridgehead atoms. The highest BCUT2D eigenvalue weighted by atomic mass is 16.5. The zero-order chi connectivity index (χ0) is 17.2. The van der Waals surface area contributed by atoms with E-state index in [1.165, 1.54) is 12.8 Å². The summed E-state index contributed by atoms with van der Waals surface area (Å²) in [4.78, 5) is 12.2. The molecule has 132 valence electrons. The van der Waals surface area contributed by atoms with Crippen LogP contribution in [0.3, 0.4) is 0 Å². The van der Waals surface area contributed by atoms with Crippen molar-refractivity contribution in [3.63, 3.8) is 0 Å². The summed E-state index contributed by atoms with van der Waals surface area (Å²) in [6.45, 7) is 0.0660. The summed E-state index contributed by atoms with van der Waals surface area (Å²) in [5, 5.41) is 9.59. The van der Waals surface area contributed by atoms with E-state index in [0.29, 0.717) is 24.9 Å². The molecule has 2 aliphatic rings. The maximum atomic E-state index is 12.2. The normalized spacial score (nSPS) is 29.2. The molecule has 1 aromatic carbocycles. The summed E-state index contributed by atoms with van der Waals surface area (Å²) >= 11 is 0. The number of carbonyl (C=O) groups is 1. The second kappa shape index (κ2) is 7.24. The second-order valence-corrected chi connectivity index (χ2v) is 7.93. The van der Waals surface area contributed by atoms with Gasteiger partial charge >= 0.3 is 5.97 Å². The first-order valence-corrected chi connectivity index (χ1v) is 9.19. The molecule has 0 saturated carbocycles. The Balaban J connectivity index is 1.48. The summed E-state index contributed by atoms with van der Waals surface area (Å²) in [6.07, 6.45) is 5.61. The highest BCUT2D eigenvalue weighted by Crippen LogP contribution is 2.40. The van der Waals surface area contributed by atoms with Crippen molar-refractivity contribution in [3.05, 3.63) is 35.9 Å². The first kappa shape index (κ1) is 17.4. The number of fused-ring (bicyclic) bond motifs is 2. The average Bonchev–Trinajstić information content (AvgIpc) is 2.75. The Kier molecular flexibility index (Phi) is 5.26. The van der Waals surface area contributed by atoms with E-state index in [9.17, 15) is 9.90 Å². The topological polar surface area (TPSA) is 46.5 Å². The number of rotatable bonds is 6. The van der Waals surface area contributed by atoms with Gasteiger partial charge in [0.25, 0.3) is 0 Å². The molecule has 2 fully saturated rings. The van der Waals surface area contributed by atoms with Crippen molar-refractivity contribution in [3.8, 4) is 0 Å². The minimum Gasteiger partial charge on any atom is -0.462 e. The van der Waals surface area contributed by atoms with Crippen molar-refractivity contribution in [2.24, 2.45) is 0 Å². The molecule has 4 atom stereocenters. The molecule has 1 N–H and O–H groups in total. The summed E-state index contributed by atoms with van der Waals surface area (Å²) in [7, 11) is 4.62. The van der Waals surface area contributed by atoms with Crippen LogP contribution in [0.15, 0.2) is 30.3 Å². The van der Waals surface area contributed by atoms with Crippen LogP contribution in [-0.4, -0.2) is 54.4 Å². The van der Waals surface area contributed by atoms with Crippen LogP contribution in [0.5, 0.6) is 0 Å². The monoisotopic (exact) mass is 332 g/mol. The molecule has 0 amide bonds. The summed E-state index contributed by atoms with van der Waals surface area (Å²) in [5.74, 6) is -0.0992. The Morgan fingerprint density at radius 1 is 1.21 bits per heavy atom. The van der Waals surface area contributed by atoms with Gasteiger partial charge in [-0.3, -0.25) is 4.79 Å². The largest absolute Gasteiger partial charge is 0.462 e. The molecule has 2 unspecified atom stereocenters. The Hall–Kier alpha value is -1.39. The Morgan fingerprint density at radius 3 is 2.42 bits per heavy atom. The highest BCUT2D eigenvalue weighted by Gasteiger charge is 2.49. The Bertz CT molecular complexity index is 541. The maximum Gasteiger partial charge on any atom is 0.306 e. The number of aliphatic hydroxyl groups is 1. The molecule has 0 spiro atoms. The third-order valence-electron chi connectivity index (χ3n) is 6.27. The lowest BCUT2D eigenvalue weighted by atomic mass is 9.95. The Labute approximate surface area is 145 Å². The van der Waals surface area contributed by atoms with E-state index in [4.69, 9.17) is 4.74 Å². The van der Waals surface area contributed by atoms with E-state index in [1.807, 2.05) is 30.3 Å². The van der Waals surface area contributed by atoms with Crippen molar-refractivity contribution in [2.75, 3.05) is 20.7 Å². The molecule has 0 aromatic heterocycles. The molecule has 0 radical (unpaired) electrons. The van der Waals surface area contributed by atoms with Crippen LogP contribution < -0.4 is 0 Å². The van der Waals surface area contributed by atoms with Gasteiger partial charge in [0.15, 0.2) is 0 Å². The number of ether oxygens (including phenoxy) is 1. The van der Waals surface area contributed by atoms with Gasteiger partial charge in [0.2, 0.25) is 0 Å². The van der Waals surface area contributed by atoms with Crippen molar-refractivity contribution < 1.29 is 19.1 Å². The van der Waals surface area contributed by atoms with Crippen molar-refractivity contribution in [1.82, 2.24) is 0 Å². The number of nitrogens with zero attached hydrogens (tertiary/aromatic N) is 1. The van der Waals surface area contributed by atoms with Crippen LogP contribution in [0.2, 0.25) is 0 Å². The third-order valence-corrected chi connectivity index (χ3v) is 6.27. The standard InChI is InChI=1S/C20H30NO3/c1-21(2)17-9-10-18(21)13-19(12-17)24-20(23)11-8-16(14-22)15-6-4-3-5-7-15/h3-7,16-19,22H,8-14H2,1-2H3/q+1/t16?,17-,18+,19?. The number of quaternary nitrogens is 1. The molecule has 4 heteroatoms. The van der Waals surface area contributed by atoms with Gasteiger partial charge in [-0.05, 0) is 12.0 Å². The number of carbonyl (C=O) groups excluding carboxylic acids is 1. The Morgan fingerprint density at radius 2 is 1.83 bits per heavy atom. The van der Waals surface area contributed by atoms with Crippen LogP contribution in [-0.2, 0) is 9.53 Å². The fourth-order valence-corrected chi connectivity index (χ4v) is 4.55. The van der Waals surface area contributed by atoms with Crippen LogP contribution in [0, 0.1) is 0 Å². The number of hydrogen-bond donors (Lipinski definition) is 1. The third kappa shape index (κ3) is 3.65. The SMILES string of the molecule is C[N+]1(C)[C@@H]2CC[C@H]1CC(OC(=O)CCC(CO)c1ccccc1)C2. The predicted molar refractivity (Wildman–Crippen MR) is 93.5 cm³/mol. The molecule has 0 aliphatic carbocycles. The van der Waals surface area contributed by atoms with E-state index in [-0.39, 0.29) is 24.6 Å². The fourth-order valence-electron chi connectivity index (χ4n) is 4.55. The fraction of sp³-hybridized carbons (Fsp3) is 0.650. The number of aliphatic hydroxyl groups excluding tert-OH is 1. The van der Waals surface area contributed by atoms with Gasteiger partial charge in [-0.2, -0.15) is 0 Å². The van der Waals surface area contributed by atoms with Gasteiger partial charge in [-0.15, -0.1) is 0 Å². The van der Waals surface area contributed by atoms with Crippen LogP contribution >= 0.6 is 0 Å². The van der Waals surface area contributed by atoms with Crippen LogP contribution in [0.1, 0.15) is 50.0 Å². The van der Waals surface area contributed by atoms with E-state index in [1.54, 1.807) is 0 Å². The van der Waals surface area contributed by atoms with E-state index >= 15 is 0 Å². The molecule has 24 heavy (non-hydrogen) atoms. The first-order valence-electron chi connectivity index (χ1n) is 9.19. The highest BCUT2D eigenvalue weighted by molar-refractivity contribution is 5.69. The van der Waals surface area contributed by atoms with Crippen molar-refractivity contribution in [1.29, 1.82) is 0 Å². The predicted octanol–water partition coefficient (Wildman–Crippen LogP) is 2.86. The van der Waals surface area contributed by atoms with E-state index in [2.05, 4.69) is 14.1 Å². The summed E-state index contributed by atoms with van der Waals surface area (Å²) < 4.78 is 6.86. The minimum absolute atomic E-state index is 0.0110. The van der Waals surface area contributed by atoms with Crippen LogP contribution in [0.4, 0.5) is 0 Å². The van der Waals surface area contributed by atoms with Gasteiger partial charge < -0.3 is 14.3 Å². The maximum absolute atomic E-state index is 12.2. The number of benzene rings is 1.